The highest BCUT2D eigenvalue weighted by atomic mass is 35.5. The summed E-state index contributed by atoms with van der Waals surface area (Å²) in [5, 5.41) is 9.99. The van der Waals surface area contributed by atoms with Crippen LogP contribution in [0.4, 0.5) is 0 Å². The number of piperidine rings is 1. The van der Waals surface area contributed by atoms with Crippen molar-refractivity contribution in [2.24, 2.45) is 5.41 Å². The molecule has 2 heterocycles. The molecule has 0 aliphatic carbocycles. The third-order valence-corrected chi connectivity index (χ3v) is 5.95. The first-order chi connectivity index (χ1) is 12.6. The Balaban J connectivity index is 0.00000196. The summed E-state index contributed by atoms with van der Waals surface area (Å²) in [6.45, 7) is 3.26. The van der Waals surface area contributed by atoms with E-state index in [4.69, 9.17) is 16.3 Å². The van der Waals surface area contributed by atoms with Crippen LogP contribution in [-0.2, 0) is 16.0 Å². The molecule has 2 N–H and O–H groups in total. The van der Waals surface area contributed by atoms with E-state index in [0.29, 0.717) is 24.6 Å². The molecule has 0 bridgehead atoms. The van der Waals surface area contributed by atoms with Crippen molar-refractivity contribution >= 4 is 53.7 Å². The van der Waals surface area contributed by atoms with Crippen molar-refractivity contribution < 1.29 is 9.53 Å². The summed E-state index contributed by atoms with van der Waals surface area (Å²) in [6.07, 6.45) is 2.32. The second-order valence-corrected chi connectivity index (χ2v) is 8.08. The van der Waals surface area contributed by atoms with E-state index >= 15 is 0 Å². The number of thiazole rings is 1. The average Bonchev–Trinajstić information content (AvgIpc) is 3.10. The molecule has 3 rings (SSSR count). The summed E-state index contributed by atoms with van der Waals surface area (Å²) < 4.78 is 5.40. The van der Waals surface area contributed by atoms with Gasteiger partial charge in [-0.2, -0.15) is 0 Å². The average molecular weight is 467 g/mol. The molecule has 9 heteroatoms. The van der Waals surface area contributed by atoms with E-state index in [2.05, 4.69) is 15.6 Å². The van der Waals surface area contributed by atoms with E-state index in [-0.39, 0.29) is 36.1 Å². The molecule has 1 fully saturated rings. The fourth-order valence-corrected chi connectivity index (χ4v) is 4.21. The summed E-state index contributed by atoms with van der Waals surface area (Å²) >= 11 is 7.46. The van der Waals surface area contributed by atoms with Crippen molar-refractivity contribution in [3.63, 3.8) is 0 Å². The molecule has 156 valence electrons. The number of aromatic nitrogens is 1. The van der Waals surface area contributed by atoms with Crippen LogP contribution in [0.15, 0.2) is 29.6 Å². The molecule has 0 radical (unpaired) electrons. The first kappa shape index (κ1) is 25.1. The van der Waals surface area contributed by atoms with Gasteiger partial charge in [-0.25, -0.2) is 4.98 Å². The van der Waals surface area contributed by atoms with Crippen LogP contribution in [-0.4, -0.2) is 44.2 Å². The zero-order valence-electron chi connectivity index (χ0n) is 15.7. The fraction of sp³-hybridized carbons (Fsp3) is 0.474. The lowest BCUT2D eigenvalue weighted by atomic mass is 9.79. The molecule has 28 heavy (non-hydrogen) atoms. The first-order valence-corrected chi connectivity index (χ1v) is 10.0. The molecular weight excluding hydrogens is 441 g/mol. The van der Waals surface area contributed by atoms with Gasteiger partial charge in [0.25, 0.3) is 0 Å². The van der Waals surface area contributed by atoms with E-state index in [9.17, 15) is 4.79 Å². The number of ether oxygens (including phenoxy) is 1. The van der Waals surface area contributed by atoms with Crippen LogP contribution in [0.2, 0.25) is 5.02 Å². The van der Waals surface area contributed by atoms with Crippen molar-refractivity contribution in [2.75, 3.05) is 33.4 Å². The summed E-state index contributed by atoms with van der Waals surface area (Å²) in [7, 11) is 1.72. The van der Waals surface area contributed by atoms with Gasteiger partial charge < -0.3 is 15.4 Å². The van der Waals surface area contributed by atoms with E-state index in [1.165, 1.54) is 0 Å². The molecule has 1 saturated heterocycles. The molecule has 1 aliphatic rings. The summed E-state index contributed by atoms with van der Waals surface area (Å²) in [5.41, 5.74) is 1.84. The predicted octanol–water partition coefficient (Wildman–Crippen LogP) is 3.98. The Kier molecular flexibility index (Phi) is 10.7. The minimum absolute atomic E-state index is 0. The lowest BCUT2D eigenvalue weighted by molar-refractivity contribution is -0.121. The molecular formula is C19H26Cl3N3O2S. The van der Waals surface area contributed by atoms with Gasteiger partial charge in [0.15, 0.2) is 0 Å². The number of halogens is 3. The van der Waals surface area contributed by atoms with Gasteiger partial charge in [-0.3, -0.25) is 4.79 Å². The monoisotopic (exact) mass is 465 g/mol. The maximum absolute atomic E-state index is 12.4. The van der Waals surface area contributed by atoms with Crippen LogP contribution in [0, 0.1) is 5.41 Å². The van der Waals surface area contributed by atoms with Crippen molar-refractivity contribution in [2.45, 2.75) is 19.3 Å². The molecule has 1 aliphatic heterocycles. The highest BCUT2D eigenvalue weighted by Crippen LogP contribution is 2.28. The van der Waals surface area contributed by atoms with Crippen LogP contribution in [0.3, 0.4) is 0 Å². The smallest absolute Gasteiger partial charge is 0.226 e. The Hall–Kier alpha value is -0.890. The van der Waals surface area contributed by atoms with Gasteiger partial charge in [-0.15, -0.1) is 36.2 Å². The van der Waals surface area contributed by atoms with Crippen molar-refractivity contribution in [3.8, 4) is 10.6 Å². The number of carbonyl (C=O) groups is 1. The number of nitrogens with one attached hydrogen (secondary N) is 2. The second-order valence-electron chi connectivity index (χ2n) is 6.79. The van der Waals surface area contributed by atoms with Crippen molar-refractivity contribution in [1.29, 1.82) is 0 Å². The van der Waals surface area contributed by atoms with Gasteiger partial charge in [-0.1, -0.05) is 23.7 Å². The van der Waals surface area contributed by atoms with Crippen LogP contribution >= 0.6 is 47.8 Å². The zero-order valence-corrected chi connectivity index (χ0v) is 18.9. The second kappa shape index (κ2) is 12.0. The lowest BCUT2D eigenvalue weighted by Crippen LogP contribution is -2.47. The maximum atomic E-state index is 12.4. The number of carbonyl (C=O) groups excluding carboxylic acids is 1. The normalized spacial score (nSPS) is 15.2. The molecule has 5 nitrogen and oxygen atoms in total. The SMILES string of the molecule is COCC1(CNC(=O)Cc2csc(-c3ccc(Cl)cc3)n2)CCNCC1.Cl.Cl. The fourth-order valence-electron chi connectivity index (χ4n) is 3.26. The minimum atomic E-state index is 0. The molecule has 1 aromatic heterocycles. The molecule has 2 aromatic rings. The topological polar surface area (TPSA) is 63.2 Å². The number of amides is 1. The number of hydrogen-bond donors (Lipinski definition) is 2. The Morgan fingerprint density at radius 2 is 1.96 bits per heavy atom. The molecule has 0 spiro atoms. The van der Waals surface area contributed by atoms with E-state index in [0.717, 1.165) is 42.2 Å². The van der Waals surface area contributed by atoms with Crippen LogP contribution in [0.5, 0.6) is 0 Å². The van der Waals surface area contributed by atoms with Crippen LogP contribution in [0.25, 0.3) is 10.6 Å². The van der Waals surface area contributed by atoms with Crippen LogP contribution in [0.1, 0.15) is 18.5 Å². The third kappa shape index (κ3) is 6.87. The first-order valence-electron chi connectivity index (χ1n) is 8.77. The summed E-state index contributed by atoms with van der Waals surface area (Å²) in [6, 6.07) is 7.57. The zero-order chi connectivity index (χ0) is 18.4. The number of rotatable bonds is 7. The van der Waals surface area contributed by atoms with E-state index in [1.807, 2.05) is 29.6 Å². The number of benzene rings is 1. The van der Waals surface area contributed by atoms with Gasteiger partial charge in [0, 0.05) is 35.0 Å². The van der Waals surface area contributed by atoms with Crippen molar-refractivity contribution in [1.82, 2.24) is 15.6 Å². The third-order valence-electron chi connectivity index (χ3n) is 4.76. The van der Waals surface area contributed by atoms with E-state index in [1.54, 1.807) is 18.4 Å². The minimum Gasteiger partial charge on any atom is -0.384 e. The Labute approximate surface area is 187 Å². The maximum Gasteiger partial charge on any atom is 0.226 e. The molecule has 1 aromatic carbocycles. The van der Waals surface area contributed by atoms with Gasteiger partial charge in [-0.05, 0) is 38.1 Å². The lowest BCUT2D eigenvalue weighted by Gasteiger charge is -2.37. The Morgan fingerprint density at radius 3 is 2.61 bits per heavy atom. The van der Waals surface area contributed by atoms with Gasteiger partial charge in [0.05, 0.1) is 18.7 Å². The molecule has 0 unspecified atom stereocenters. The number of hydrogen-bond acceptors (Lipinski definition) is 5. The molecule has 0 saturated carbocycles. The number of nitrogens with zero attached hydrogens (tertiary/aromatic N) is 1. The van der Waals surface area contributed by atoms with Gasteiger partial charge in [0.1, 0.15) is 5.01 Å². The quantitative estimate of drug-likeness (QED) is 0.648. The summed E-state index contributed by atoms with van der Waals surface area (Å²) in [5.74, 6) is 0.00645. The van der Waals surface area contributed by atoms with Crippen molar-refractivity contribution in [3.05, 3.63) is 40.4 Å². The number of methoxy groups -OCH3 is 1. The van der Waals surface area contributed by atoms with E-state index < -0.39 is 0 Å². The Morgan fingerprint density at radius 1 is 1.29 bits per heavy atom. The molecule has 1 amide bonds. The summed E-state index contributed by atoms with van der Waals surface area (Å²) in [4.78, 5) is 17.0. The molecule has 0 atom stereocenters. The van der Waals surface area contributed by atoms with Gasteiger partial charge in [0.2, 0.25) is 5.91 Å². The largest absolute Gasteiger partial charge is 0.384 e. The standard InChI is InChI=1S/C19H24ClN3O2S.2ClH/c1-25-13-19(6-8-21-9-7-19)12-22-17(24)10-16-11-26-18(23-16)14-2-4-15(20)5-3-14;;/h2-5,11,21H,6-10,12-13H2,1H3,(H,22,24);2*1H. The highest BCUT2D eigenvalue weighted by Gasteiger charge is 2.32. The van der Waals surface area contributed by atoms with Gasteiger partial charge >= 0.3 is 0 Å². The Bertz CT molecular complexity index is 729. The van der Waals surface area contributed by atoms with Crippen LogP contribution < -0.4 is 10.6 Å². The predicted molar refractivity (Wildman–Crippen MR) is 120 cm³/mol. The highest BCUT2D eigenvalue weighted by molar-refractivity contribution is 7.13.